The Balaban J connectivity index is 1.76. The SMILES string of the molecule is COC(=O)CSc1nc2n(n1)[C@@H](c1ccc(Cl)cc1)C1=C(C[C@@H](C)CC1=O)N2. The van der Waals surface area contributed by atoms with Crippen LogP contribution >= 0.6 is 23.4 Å². The zero-order valence-corrected chi connectivity index (χ0v) is 17.0. The molecule has 0 radical (unpaired) electrons. The van der Waals surface area contributed by atoms with Gasteiger partial charge in [-0.3, -0.25) is 9.59 Å². The third-order valence-electron chi connectivity index (χ3n) is 4.84. The van der Waals surface area contributed by atoms with Gasteiger partial charge < -0.3 is 10.1 Å². The lowest BCUT2D eigenvalue weighted by Gasteiger charge is -2.34. The number of nitrogens with zero attached hydrogens (tertiary/aromatic N) is 3. The van der Waals surface area contributed by atoms with Crippen LogP contribution in [0.3, 0.4) is 0 Å². The van der Waals surface area contributed by atoms with Crippen LogP contribution in [0.1, 0.15) is 31.4 Å². The van der Waals surface area contributed by atoms with Crippen molar-refractivity contribution < 1.29 is 14.3 Å². The number of carbonyl (C=O) groups is 2. The number of aromatic nitrogens is 3. The minimum Gasteiger partial charge on any atom is -0.468 e. The van der Waals surface area contributed by atoms with Crippen LogP contribution in [-0.2, 0) is 14.3 Å². The number of methoxy groups -OCH3 is 1. The maximum atomic E-state index is 12.9. The van der Waals surface area contributed by atoms with E-state index < -0.39 is 0 Å². The molecule has 0 spiro atoms. The molecule has 0 saturated carbocycles. The van der Waals surface area contributed by atoms with Crippen LogP contribution in [0, 0.1) is 5.92 Å². The highest BCUT2D eigenvalue weighted by Crippen LogP contribution is 2.42. The summed E-state index contributed by atoms with van der Waals surface area (Å²) in [6.45, 7) is 2.07. The fraction of sp³-hybridized carbons (Fsp3) is 0.368. The van der Waals surface area contributed by atoms with E-state index in [9.17, 15) is 9.59 Å². The Morgan fingerprint density at radius 2 is 2.11 bits per heavy atom. The van der Waals surface area contributed by atoms with Crippen molar-refractivity contribution in [3.8, 4) is 0 Å². The van der Waals surface area contributed by atoms with E-state index in [1.807, 2.05) is 12.1 Å². The average molecular weight is 419 g/mol. The Labute approximate surface area is 171 Å². The predicted octanol–water partition coefficient (Wildman–Crippen LogP) is 3.46. The van der Waals surface area contributed by atoms with E-state index in [0.717, 1.165) is 23.3 Å². The summed E-state index contributed by atoms with van der Waals surface area (Å²) in [5.74, 6) is 0.724. The molecule has 0 saturated heterocycles. The number of rotatable bonds is 4. The van der Waals surface area contributed by atoms with Gasteiger partial charge in [0.05, 0.1) is 12.9 Å². The Morgan fingerprint density at radius 1 is 1.36 bits per heavy atom. The lowest BCUT2D eigenvalue weighted by molar-refractivity contribution is -0.137. The molecule has 0 amide bonds. The first-order chi connectivity index (χ1) is 13.5. The second-order valence-electron chi connectivity index (χ2n) is 6.94. The molecule has 7 nitrogen and oxygen atoms in total. The number of hydrogen-bond donors (Lipinski definition) is 1. The second-order valence-corrected chi connectivity index (χ2v) is 8.31. The van der Waals surface area contributed by atoms with E-state index in [1.54, 1.807) is 16.8 Å². The van der Waals surface area contributed by atoms with Gasteiger partial charge in [-0.1, -0.05) is 42.4 Å². The summed E-state index contributed by atoms with van der Waals surface area (Å²) in [6, 6.07) is 7.04. The van der Waals surface area contributed by atoms with Crippen molar-refractivity contribution in [3.05, 3.63) is 46.1 Å². The van der Waals surface area contributed by atoms with Gasteiger partial charge >= 0.3 is 5.97 Å². The van der Waals surface area contributed by atoms with Crippen molar-refractivity contribution in [3.63, 3.8) is 0 Å². The highest BCUT2D eigenvalue weighted by Gasteiger charge is 2.38. The third-order valence-corrected chi connectivity index (χ3v) is 5.90. The summed E-state index contributed by atoms with van der Waals surface area (Å²) < 4.78 is 6.39. The van der Waals surface area contributed by atoms with Crippen molar-refractivity contribution in [2.45, 2.75) is 31.0 Å². The van der Waals surface area contributed by atoms with Crippen LogP contribution in [0.15, 0.2) is 40.7 Å². The quantitative estimate of drug-likeness (QED) is 0.601. The number of fused-ring (bicyclic) bond motifs is 1. The molecular formula is C19H19ClN4O3S. The molecule has 2 atom stereocenters. The normalized spacial score (nSPS) is 21.0. The number of ether oxygens (including phenoxy) is 1. The van der Waals surface area contributed by atoms with E-state index in [2.05, 4.69) is 27.1 Å². The molecule has 1 aliphatic heterocycles. The van der Waals surface area contributed by atoms with Crippen LogP contribution < -0.4 is 5.32 Å². The van der Waals surface area contributed by atoms with Crippen LogP contribution in [0.5, 0.6) is 0 Å². The van der Waals surface area contributed by atoms with Crippen LogP contribution in [-0.4, -0.2) is 39.4 Å². The van der Waals surface area contributed by atoms with E-state index in [-0.39, 0.29) is 29.5 Å². The monoisotopic (exact) mass is 418 g/mol. The number of ketones is 1. The van der Waals surface area contributed by atoms with Crippen molar-refractivity contribution in [2.24, 2.45) is 5.92 Å². The summed E-state index contributed by atoms with van der Waals surface area (Å²) in [5.41, 5.74) is 2.53. The molecule has 0 bridgehead atoms. The molecule has 1 aliphatic carbocycles. The first kappa shape index (κ1) is 19.0. The second kappa shape index (κ2) is 7.60. The number of nitrogens with one attached hydrogen (secondary N) is 1. The summed E-state index contributed by atoms with van der Waals surface area (Å²) >= 11 is 7.25. The molecular weight excluding hydrogens is 400 g/mol. The Morgan fingerprint density at radius 3 is 2.82 bits per heavy atom. The summed E-state index contributed by atoms with van der Waals surface area (Å²) in [7, 11) is 1.34. The maximum absolute atomic E-state index is 12.9. The molecule has 1 aromatic carbocycles. The van der Waals surface area contributed by atoms with Gasteiger partial charge in [-0.2, -0.15) is 4.98 Å². The van der Waals surface area contributed by atoms with Gasteiger partial charge in [0.15, 0.2) is 5.78 Å². The van der Waals surface area contributed by atoms with E-state index in [1.165, 1.54) is 18.9 Å². The number of carbonyl (C=O) groups excluding carboxylic acids is 2. The fourth-order valence-electron chi connectivity index (χ4n) is 3.58. The number of benzene rings is 1. The minimum atomic E-state index is -0.372. The number of halogens is 1. The number of anilines is 1. The lowest BCUT2D eigenvalue weighted by atomic mass is 9.81. The molecule has 2 heterocycles. The predicted molar refractivity (Wildman–Crippen MR) is 106 cm³/mol. The van der Waals surface area contributed by atoms with E-state index in [4.69, 9.17) is 11.6 Å². The summed E-state index contributed by atoms with van der Waals surface area (Å²) in [5, 5.41) is 8.93. The zero-order chi connectivity index (χ0) is 19.8. The molecule has 9 heteroatoms. The van der Waals surface area contributed by atoms with E-state index in [0.29, 0.717) is 22.5 Å². The Kier molecular flexibility index (Phi) is 5.16. The molecule has 4 rings (SSSR count). The highest BCUT2D eigenvalue weighted by atomic mass is 35.5. The fourth-order valence-corrected chi connectivity index (χ4v) is 4.37. The third kappa shape index (κ3) is 3.54. The smallest absolute Gasteiger partial charge is 0.316 e. The molecule has 0 fully saturated rings. The maximum Gasteiger partial charge on any atom is 0.316 e. The van der Waals surface area contributed by atoms with Crippen LogP contribution in [0.2, 0.25) is 5.02 Å². The van der Waals surface area contributed by atoms with Gasteiger partial charge in [-0.05, 0) is 30.0 Å². The Hall–Kier alpha value is -2.32. The number of allylic oxidation sites excluding steroid dienone is 2. The minimum absolute atomic E-state index is 0.117. The van der Waals surface area contributed by atoms with Crippen LogP contribution in [0.4, 0.5) is 5.95 Å². The topological polar surface area (TPSA) is 86.1 Å². The summed E-state index contributed by atoms with van der Waals surface area (Å²) in [4.78, 5) is 28.9. The summed E-state index contributed by atoms with van der Waals surface area (Å²) in [6.07, 6.45) is 1.29. The van der Waals surface area contributed by atoms with Gasteiger partial charge in [-0.15, -0.1) is 5.10 Å². The molecule has 2 aliphatic rings. The number of thioether (sulfide) groups is 1. The van der Waals surface area contributed by atoms with Crippen molar-refractivity contribution in [1.29, 1.82) is 0 Å². The van der Waals surface area contributed by atoms with Gasteiger partial charge in [0.1, 0.15) is 6.04 Å². The highest BCUT2D eigenvalue weighted by molar-refractivity contribution is 7.99. The molecule has 146 valence electrons. The number of Topliss-reactive ketones (excluding diaryl/α,β-unsaturated/α-hetero) is 1. The van der Waals surface area contributed by atoms with Crippen molar-refractivity contribution in [2.75, 3.05) is 18.2 Å². The Bertz CT molecular complexity index is 970. The average Bonchev–Trinajstić information content (AvgIpc) is 3.07. The van der Waals surface area contributed by atoms with Crippen molar-refractivity contribution >= 4 is 41.1 Å². The van der Waals surface area contributed by atoms with Gasteiger partial charge in [-0.25, -0.2) is 4.68 Å². The number of hydrogen-bond acceptors (Lipinski definition) is 7. The zero-order valence-electron chi connectivity index (χ0n) is 15.4. The van der Waals surface area contributed by atoms with Gasteiger partial charge in [0, 0.05) is 22.7 Å². The van der Waals surface area contributed by atoms with E-state index >= 15 is 0 Å². The van der Waals surface area contributed by atoms with Gasteiger partial charge in [0.25, 0.3) is 0 Å². The molecule has 1 aromatic heterocycles. The molecule has 2 aromatic rings. The van der Waals surface area contributed by atoms with Crippen molar-refractivity contribution in [1.82, 2.24) is 14.8 Å². The lowest BCUT2D eigenvalue weighted by Crippen LogP contribution is -2.33. The first-order valence-corrected chi connectivity index (χ1v) is 10.3. The number of esters is 1. The molecule has 28 heavy (non-hydrogen) atoms. The molecule has 1 N–H and O–H groups in total. The largest absolute Gasteiger partial charge is 0.468 e. The van der Waals surface area contributed by atoms with Gasteiger partial charge in [0.2, 0.25) is 11.1 Å². The molecule has 0 unspecified atom stereocenters. The van der Waals surface area contributed by atoms with Crippen LogP contribution in [0.25, 0.3) is 0 Å². The standard InChI is InChI=1S/C19H19ClN4O3S/c1-10-7-13-16(14(25)8-10)17(11-3-5-12(20)6-4-11)24-18(21-13)22-19(23-24)28-9-15(26)27-2/h3-6,10,17H,7-9H2,1-2H3,(H,21,22,23)/t10-,17+/m1/s1. The first-order valence-electron chi connectivity index (χ1n) is 8.91.